The zero-order valence-corrected chi connectivity index (χ0v) is 39.5. The van der Waals surface area contributed by atoms with Gasteiger partial charge in [-0.2, -0.15) is 0 Å². The molecule has 0 aromatic rings. The van der Waals surface area contributed by atoms with Crippen LogP contribution in [0.3, 0.4) is 0 Å². The van der Waals surface area contributed by atoms with E-state index in [1.807, 2.05) is 6.08 Å². The Hall–Kier alpha value is -1.66. The number of hydrogen-bond donors (Lipinski definition) is 3. The molecule has 0 saturated carbocycles. The summed E-state index contributed by atoms with van der Waals surface area (Å²) in [6.45, 7) is 4.86. The van der Waals surface area contributed by atoms with Crippen LogP contribution in [0.1, 0.15) is 277 Å². The van der Waals surface area contributed by atoms with E-state index in [-0.39, 0.29) is 18.5 Å². The molecule has 0 aliphatic carbocycles. The van der Waals surface area contributed by atoms with Crippen molar-refractivity contribution < 1.29 is 24.5 Å². The summed E-state index contributed by atoms with van der Waals surface area (Å²) in [4.78, 5) is 24.4. The molecule has 0 rings (SSSR count). The zero-order chi connectivity index (χ0) is 43.0. The lowest BCUT2D eigenvalue weighted by atomic mass is 10.0. The van der Waals surface area contributed by atoms with Crippen molar-refractivity contribution in [1.82, 2.24) is 5.32 Å². The molecule has 0 heterocycles. The number of amides is 1. The van der Waals surface area contributed by atoms with E-state index in [1.54, 1.807) is 6.08 Å². The van der Waals surface area contributed by atoms with E-state index >= 15 is 0 Å². The lowest BCUT2D eigenvalue weighted by Crippen LogP contribution is -2.45. The van der Waals surface area contributed by atoms with Gasteiger partial charge in [0.2, 0.25) is 5.91 Å². The molecule has 1 amide bonds. The monoisotopic (exact) mass is 832 g/mol. The predicted molar refractivity (Wildman–Crippen MR) is 255 cm³/mol. The standard InChI is InChI=1S/C53H101NO5/c1-3-5-7-9-11-13-14-15-16-21-24-27-31-35-39-43-47-53(58)59-48-44-40-36-32-28-25-22-19-17-18-20-23-26-30-34-38-42-46-52(57)54-50(49-55)51(56)45-41-37-33-29-12-10-8-6-4-2/h17,19,41,45,50-51,55-56H,3-16,18,20-40,42-44,46-49H2,1-2H3,(H,54,57)/b19-17-,45-41+. The second-order valence-corrected chi connectivity index (χ2v) is 17.9. The molecule has 0 spiro atoms. The number of aliphatic hydroxyl groups is 2. The Balaban J connectivity index is 3.43. The highest BCUT2D eigenvalue weighted by molar-refractivity contribution is 5.76. The van der Waals surface area contributed by atoms with Gasteiger partial charge in [0.05, 0.1) is 25.4 Å². The molecule has 0 saturated heterocycles. The molecular formula is C53H101NO5. The Kier molecular flexibility index (Phi) is 47.6. The van der Waals surface area contributed by atoms with E-state index in [0.717, 1.165) is 57.8 Å². The first-order valence-corrected chi connectivity index (χ1v) is 26.1. The molecule has 3 N–H and O–H groups in total. The third-order valence-electron chi connectivity index (χ3n) is 12.0. The molecule has 0 aliphatic heterocycles. The van der Waals surface area contributed by atoms with E-state index in [2.05, 4.69) is 31.3 Å². The quantitative estimate of drug-likeness (QED) is 0.0322. The molecule has 59 heavy (non-hydrogen) atoms. The summed E-state index contributed by atoms with van der Waals surface area (Å²) in [6.07, 6.45) is 57.6. The Morgan fingerprint density at radius 1 is 0.458 bits per heavy atom. The second-order valence-electron chi connectivity index (χ2n) is 17.9. The van der Waals surface area contributed by atoms with Crippen LogP contribution in [0.2, 0.25) is 0 Å². The Labute approximate surface area is 367 Å². The van der Waals surface area contributed by atoms with Gasteiger partial charge in [-0.05, 0) is 57.8 Å². The lowest BCUT2D eigenvalue weighted by molar-refractivity contribution is -0.143. The SMILES string of the molecule is CCCCCCCCC/C=C/C(O)C(CO)NC(=O)CCCCCCCCC/C=C\CCCCCCCCOC(=O)CCCCCCCCCCCCCCCCCC. The average Bonchev–Trinajstić information content (AvgIpc) is 3.24. The van der Waals surface area contributed by atoms with Gasteiger partial charge in [0.15, 0.2) is 0 Å². The lowest BCUT2D eigenvalue weighted by Gasteiger charge is -2.20. The van der Waals surface area contributed by atoms with Gasteiger partial charge in [-0.15, -0.1) is 0 Å². The van der Waals surface area contributed by atoms with Gasteiger partial charge in [0.1, 0.15) is 0 Å². The number of hydrogen-bond acceptors (Lipinski definition) is 5. The van der Waals surface area contributed by atoms with E-state index < -0.39 is 12.1 Å². The minimum atomic E-state index is -0.849. The summed E-state index contributed by atoms with van der Waals surface area (Å²) < 4.78 is 5.47. The zero-order valence-electron chi connectivity index (χ0n) is 39.5. The van der Waals surface area contributed by atoms with E-state index in [4.69, 9.17) is 4.74 Å². The summed E-state index contributed by atoms with van der Waals surface area (Å²) >= 11 is 0. The number of aliphatic hydroxyl groups excluding tert-OH is 2. The molecule has 0 radical (unpaired) electrons. The van der Waals surface area contributed by atoms with Crippen LogP contribution < -0.4 is 5.32 Å². The molecule has 6 nitrogen and oxygen atoms in total. The van der Waals surface area contributed by atoms with E-state index in [9.17, 15) is 19.8 Å². The van der Waals surface area contributed by atoms with Gasteiger partial charge >= 0.3 is 5.97 Å². The molecule has 6 heteroatoms. The number of esters is 1. The molecular weight excluding hydrogens is 731 g/mol. The molecule has 2 atom stereocenters. The third kappa shape index (κ3) is 45.7. The first-order chi connectivity index (χ1) is 29.0. The first kappa shape index (κ1) is 57.3. The predicted octanol–water partition coefficient (Wildman–Crippen LogP) is 15.5. The minimum absolute atomic E-state index is 0.0000850. The van der Waals surface area contributed by atoms with Crippen molar-refractivity contribution in [3.8, 4) is 0 Å². The number of carbonyl (C=O) groups excluding carboxylic acids is 2. The fraction of sp³-hybridized carbons (Fsp3) is 0.887. The minimum Gasteiger partial charge on any atom is -0.466 e. The van der Waals surface area contributed by atoms with Crippen LogP contribution in [0.25, 0.3) is 0 Å². The van der Waals surface area contributed by atoms with Crippen LogP contribution in [0.15, 0.2) is 24.3 Å². The molecule has 0 bridgehead atoms. The van der Waals surface area contributed by atoms with Gasteiger partial charge < -0.3 is 20.3 Å². The molecule has 2 unspecified atom stereocenters. The summed E-state index contributed by atoms with van der Waals surface area (Å²) in [5, 5.41) is 22.9. The summed E-state index contributed by atoms with van der Waals surface area (Å²) in [6, 6.07) is -0.634. The molecule has 0 aliphatic rings. The Morgan fingerprint density at radius 3 is 1.20 bits per heavy atom. The third-order valence-corrected chi connectivity index (χ3v) is 12.0. The highest BCUT2D eigenvalue weighted by Gasteiger charge is 2.18. The van der Waals surface area contributed by atoms with E-state index in [1.165, 1.54) is 193 Å². The number of nitrogens with one attached hydrogen (secondary N) is 1. The van der Waals surface area contributed by atoms with Crippen molar-refractivity contribution in [2.75, 3.05) is 13.2 Å². The maximum absolute atomic E-state index is 12.4. The number of rotatable bonds is 48. The van der Waals surface area contributed by atoms with Crippen molar-refractivity contribution in [3.05, 3.63) is 24.3 Å². The molecule has 0 aromatic carbocycles. The Morgan fingerprint density at radius 2 is 0.797 bits per heavy atom. The van der Waals surface area contributed by atoms with Crippen molar-refractivity contribution in [2.24, 2.45) is 0 Å². The van der Waals surface area contributed by atoms with Gasteiger partial charge in [-0.3, -0.25) is 9.59 Å². The average molecular weight is 832 g/mol. The number of ether oxygens (including phenoxy) is 1. The maximum atomic E-state index is 12.4. The van der Waals surface area contributed by atoms with Crippen LogP contribution in [0.4, 0.5) is 0 Å². The van der Waals surface area contributed by atoms with Crippen LogP contribution in [-0.2, 0) is 14.3 Å². The van der Waals surface area contributed by atoms with Crippen molar-refractivity contribution >= 4 is 11.9 Å². The van der Waals surface area contributed by atoms with Gasteiger partial charge in [-0.1, -0.05) is 231 Å². The molecule has 0 fully saturated rings. The maximum Gasteiger partial charge on any atom is 0.305 e. The van der Waals surface area contributed by atoms with Gasteiger partial charge in [0.25, 0.3) is 0 Å². The van der Waals surface area contributed by atoms with Gasteiger partial charge in [0, 0.05) is 12.8 Å². The summed E-state index contributed by atoms with van der Waals surface area (Å²) in [5.41, 5.74) is 0. The number of unbranched alkanes of at least 4 members (excludes halogenated alkanes) is 35. The smallest absolute Gasteiger partial charge is 0.305 e. The van der Waals surface area contributed by atoms with Crippen molar-refractivity contribution in [1.29, 1.82) is 0 Å². The summed E-state index contributed by atoms with van der Waals surface area (Å²) in [7, 11) is 0. The second kappa shape index (κ2) is 49.0. The topological polar surface area (TPSA) is 95.9 Å². The highest BCUT2D eigenvalue weighted by atomic mass is 16.5. The Bertz CT molecular complexity index is 920. The fourth-order valence-corrected chi connectivity index (χ4v) is 7.92. The van der Waals surface area contributed by atoms with Crippen LogP contribution >= 0.6 is 0 Å². The van der Waals surface area contributed by atoms with Crippen molar-refractivity contribution in [3.63, 3.8) is 0 Å². The van der Waals surface area contributed by atoms with Gasteiger partial charge in [-0.25, -0.2) is 0 Å². The number of carbonyl (C=O) groups is 2. The van der Waals surface area contributed by atoms with E-state index in [0.29, 0.717) is 19.4 Å². The molecule has 0 aromatic heterocycles. The number of allylic oxidation sites excluding steroid dienone is 3. The van der Waals surface area contributed by atoms with Crippen LogP contribution in [-0.4, -0.2) is 47.4 Å². The van der Waals surface area contributed by atoms with Crippen LogP contribution in [0.5, 0.6) is 0 Å². The van der Waals surface area contributed by atoms with Crippen molar-refractivity contribution in [2.45, 2.75) is 289 Å². The fourth-order valence-electron chi connectivity index (χ4n) is 7.92. The highest BCUT2D eigenvalue weighted by Crippen LogP contribution is 2.16. The first-order valence-electron chi connectivity index (χ1n) is 26.1. The van der Waals surface area contributed by atoms with Crippen LogP contribution in [0, 0.1) is 0 Å². The largest absolute Gasteiger partial charge is 0.466 e. The normalized spacial score (nSPS) is 12.8. The molecule has 348 valence electrons. The summed E-state index contributed by atoms with van der Waals surface area (Å²) in [5.74, 6) is -0.0828.